The quantitative estimate of drug-likeness (QED) is 0.861. The van der Waals surface area contributed by atoms with Crippen LogP contribution < -0.4 is 4.90 Å². The number of rotatable bonds is 3. The number of carbonyl (C=O) groups is 1. The molecule has 3 heterocycles. The fourth-order valence-electron chi connectivity index (χ4n) is 3.53. The van der Waals surface area contributed by atoms with Gasteiger partial charge in [0.05, 0.1) is 12.2 Å². The number of fused-ring (bicyclic) bond motifs is 1. The van der Waals surface area contributed by atoms with E-state index in [0.29, 0.717) is 29.4 Å². The molecule has 0 radical (unpaired) electrons. The van der Waals surface area contributed by atoms with Crippen LogP contribution in [0.5, 0.6) is 0 Å². The van der Waals surface area contributed by atoms with Crippen molar-refractivity contribution in [3.8, 4) is 11.3 Å². The molecule has 1 aromatic heterocycles. The zero-order chi connectivity index (χ0) is 17.6. The minimum absolute atomic E-state index is 0.0606. The molecule has 6 heteroatoms. The number of amides is 1. The Balaban J connectivity index is 1.90. The molecule has 130 valence electrons. The highest BCUT2D eigenvalue weighted by atomic mass is 19.1. The maximum absolute atomic E-state index is 14.4. The van der Waals surface area contributed by atoms with Crippen LogP contribution in [0.2, 0.25) is 0 Å². The second-order valence-corrected chi connectivity index (χ2v) is 6.90. The van der Waals surface area contributed by atoms with E-state index in [9.17, 15) is 9.18 Å². The van der Waals surface area contributed by atoms with Crippen LogP contribution >= 0.6 is 0 Å². The fourth-order valence-corrected chi connectivity index (χ4v) is 3.53. The standard InChI is InChI=1S/C19H21FN4O/c1-12(2)24-11-14-16(13-7-3-4-8-15(13)20)21-19(22-17(14)18(24)25)23-9-5-6-10-23/h3-4,7-8,12H,5-6,9-11H2,1-2H3. The highest BCUT2D eigenvalue weighted by molar-refractivity contribution is 5.98. The smallest absolute Gasteiger partial charge is 0.273 e. The molecule has 0 aliphatic carbocycles. The Kier molecular flexibility index (Phi) is 3.90. The Morgan fingerprint density at radius 1 is 1.08 bits per heavy atom. The first-order valence-corrected chi connectivity index (χ1v) is 8.78. The zero-order valence-electron chi connectivity index (χ0n) is 14.5. The van der Waals surface area contributed by atoms with Gasteiger partial charge in [0.15, 0.2) is 0 Å². The van der Waals surface area contributed by atoms with Crippen molar-refractivity contribution in [3.63, 3.8) is 0 Å². The molecule has 1 fully saturated rings. The van der Waals surface area contributed by atoms with Crippen molar-refractivity contribution < 1.29 is 9.18 Å². The molecule has 2 aliphatic heterocycles. The highest BCUT2D eigenvalue weighted by Crippen LogP contribution is 2.34. The second-order valence-electron chi connectivity index (χ2n) is 6.90. The van der Waals surface area contributed by atoms with Crippen LogP contribution in [0.15, 0.2) is 24.3 Å². The number of carbonyl (C=O) groups excluding carboxylic acids is 1. The predicted molar refractivity (Wildman–Crippen MR) is 93.9 cm³/mol. The average molecular weight is 340 g/mol. The molecule has 0 unspecified atom stereocenters. The van der Waals surface area contributed by atoms with Gasteiger partial charge < -0.3 is 9.80 Å². The van der Waals surface area contributed by atoms with E-state index < -0.39 is 0 Å². The maximum atomic E-state index is 14.4. The molecule has 0 spiro atoms. The van der Waals surface area contributed by atoms with Crippen molar-refractivity contribution >= 4 is 11.9 Å². The Labute approximate surface area is 146 Å². The van der Waals surface area contributed by atoms with E-state index in [1.54, 1.807) is 23.1 Å². The summed E-state index contributed by atoms with van der Waals surface area (Å²) < 4.78 is 14.4. The zero-order valence-corrected chi connectivity index (χ0v) is 14.5. The van der Waals surface area contributed by atoms with Gasteiger partial charge in [0.1, 0.15) is 11.5 Å². The van der Waals surface area contributed by atoms with Crippen molar-refractivity contribution in [1.29, 1.82) is 0 Å². The molecule has 4 rings (SSSR count). The molecule has 0 atom stereocenters. The van der Waals surface area contributed by atoms with E-state index in [0.717, 1.165) is 31.5 Å². The Morgan fingerprint density at radius 3 is 2.44 bits per heavy atom. The van der Waals surface area contributed by atoms with Crippen molar-refractivity contribution in [2.45, 2.75) is 39.3 Å². The summed E-state index contributed by atoms with van der Waals surface area (Å²) >= 11 is 0. The summed E-state index contributed by atoms with van der Waals surface area (Å²) in [6, 6.07) is 6.66. The topological polar surface area (TPSA) is 49.3 Å². The van der Waals surface area contributed by atoms with E-state index >= 15 is 0 Å². The van der Waals surface area contributed by atoms with Crippen LogP contribution in [-0.4, -0.2) is 39.9 Å². The van der Waals surface area contributed by atoms with E-state index in [1.807, 2.05) is 13.8 Å². The Hall–Kier alpha value is -2.50. The molecule has 1 amide bonds. The molecule has 5 nitrogen and oxygen atoms in total. The van der Waals surface area contributed by atoms with E-state index in [-0.39, 0.29) is 17.8 Å². The maximum Gasteiger partial charge on any atom is 0.273 e. The van der Waals surface area contributed by atoms with E-state index in [4.69, 9.17) is 0 Å². The summed E-state index contributed by atoms with van der Waals surface area (Å²) in [6.07, 6.45) is 2.17. The first kappa shape index (κ1) is 16.0. The summed E-state index contributed by atoms with van der Waals surface area (Å²) in [5, 5.41) is 0. The van der Waals surface area contributed by atoms with E-state index in [2.05, 4.69) is 14.9 Å². The minimum Gasteiger partial charge on any atom is -0.341 e. The van der Waals surface area contributed by atoms with Crippen LogP contribution in [0.25, 0.3) is 11.3 Å². The molecule has 2 aromatic rings. The number of benzene rings is 1. The summed E-state index contributed by atoms with van der Waals surface area (Å²) in [5.41, 5.74) is 2.12. The lowest BCUT2D eigenvalue weighted by Crippen LogP contribution is -2.31. The van der Waals surface area contributed by atoms with Crippen molar-refractivity contribution in [2.75, 3.05) is 18.0 Å². The summed E-state index contributed by atoms with van der Waals surface area (Å²) in [6.45, 7) is 6.12. The van der Waals surface area contributed by atoms with Crippen molar-refractivity contribution in [2.24, 2.45) is 0 Å². The fraction of sp³-hybridized carbons (Fsp3) is 0.421. The summed E-state index contributed by atoms with van der Waals surface area (Å²) in [7, 11) is 0. The highest BCUT2D eigenvalue weighted by Gasteiger charge is 2.35. The van der Waals surface area contributed by atoms with Gasteiger partial charge in [0.25, 0.3) is 5.91 Å². The third kappa shape index (κ3) is 2.65. The minimum atomic E-state index is -0.328. The molecule has 25 heavy (non-hydrogen) atoms. The molecular weight excluding hydrogens is 319 g/mol. The molecule has 0 N–H and O–H groups in total. The molecular formula is C19H21FN4O. The van der Waals surface area contributed by atoms with Crippen LogP contribution in [-0.2, 0) is 6.54 Å². The lowest BCUT2D eigenvalue weighted by Gasteiger charge is -2.19. The van der Waals surface area contributed by atoms with Gasteiger partial charge in [0, 0.05) is 30.3 Å². The lowest BCUT2D eigenvalue weighted by atomic mass is 10.1. The van der Waals surface area contributed by atoms with Crippen molar-refractivity contribution in [3.05, 3.63) is 41.3 Å². The first-order valence-electron chi connectivity index (χ1n) is 8.78. The Bertz CT molecular complexity index is 830. The van der Waals surface area contributed by atoms with Crippen LogP contribution in [0.3, 0.4) is 0 Å². The predicted octanol–water partition coefficient (Wildman–Crippen LogP) is 3.25. The SMILES string of the molecule is CC(C)N1Cc2c(nc(N3CCCC3)nc2-c2ccccc2F)C1=O. The van der Waals surface area contributed by atoms with Crippen LogP contribution in [0, 0.1) is 5.82 Å². The largest absolute Gasteiger partial charge is 0.341 e. The normalized spacial score (nSPS) is 16.9. The van der Waals surface area contributed by atoms with Gasteiger partial charge in [-0.1, -0.05) is 12.1 Å². The lowest BCUT2D eigenvalue weighted by molar-refractivity contribution is 0.0726. The average Bonchev–Trinajstić information content (AvgIpc) is 3.23. The molecule has 0 bridgehead atoms. The summed E-state index contributed by atoms with van der Waals surface area (Å²) in [4.78, 5) is 25.9. The molecule has 1 aromatic carbocycles. The number of hydrogen-bond donors (Lipinski definition) is 0. The molecule has 0 saturated carbocycles. The second kappa shape index (κ2) is 6.10. The summed E-state index contributed by atoms with van der Waals surface area (Å²) in [5.74, 6) is 0.116. The monoisotopic (exact) mass is 340 g/mol. The number of aromatic nitrogens is 2. The van der Waals surface area contributed by atoms with Crippen LogP contribution in [0.4, 0.5) is 10.3 Å². The van der Waals surface area contributed by atoms with Gasteiger partial charge in [-0.15, -0.1) is 0 Å². The molecule has 2 aliphatic rings. The van der Waals surface area contributed by atoms with Gasteiger partial charge in [-0.05, 0) is 38.8 Å². The van der Waals surface area contributed by atoms with Gasteiger partial charge in [-0.3, -0.25) is 4.79 Å². The number of hydrogen-bond acceptors (Lipinski definition) is 4. The van der Waals surface area contributed by atoms with E-state index in [1.165, 1.54) is 6.07 Å². The van der Waals surface area contributed by atoms with Gasteiger partial charge in [0.2, 0.25) is 5.95 Å². The van der Waals surface area contributed by atoms with Gasteiger partial charge in [-0.25, -0.2) is 14.4 Å². The van der Waals surface area contributed by atoms with Crippen molar-refractivity contribution in [1.82, 2.24) is 14.9 Å². The number of anilines is 1. The van der Waals surface area contributed by atoms with Gasteiger partial charge >= 0.3 is 0 Å². The third-order valence-corrected chi connectivity index (χ3v) is 4.93. The number of halogens is 1. The Morgan fingerprint density at radius 2 is 1.76 bits per heavy atom. The van der Waals surface area contributed by atoms with Crippen LogP contribution in [0.1, 0.15) is 42.7 Å². The number of nitrogens with zero attached hydrogens (tertiary/aromatic N) is 4. The first-order chi connectivity index (χ1) is 12.1. The van der Waals surface area contributed by atoms with Gasteiger partial charge in [-0.2, -0.15) is 0 Å². The third-order valence-electron chi connectivity index (χ3n) is 4.93. The molecule has 1 saturated heterocycles.